The molecule has 1 aliphatic carbocycles. The SMILES string of the molecule is CCc1nn2c(-c3cnc(N(C)C)cc3C)cccc2c1N(C)CC1CC1. The third kappa shape index (κ3) is 3.27. The van der Waals surface area contributed by atoms with Gasteiger partial charge in [0.15, 0.2) is 0 Å². The van der Waals surface area contributed by atoms with Gasteiger partial charge in [0.25, 0.3) is 0 Å². The third-order valence-electron chi connectivity index (χ3n) is 5.48. The van der Waals surface area contributed by atoms with E-state index >= 15 is 0 Å². The summed E-state index contributed by atoms with van der Waals surface area (Å²) in [6.07, 6.45) is 5.63. The smallest absolute Gasteiger partial charge is 0.128 e. The van der Waals surface area contributed by atoms with Crippen LogP contribution in [0, 0.1) is 12.8 Å². The summed E-state index contributed by atoms with van der Waals surface area (Å²) in [5.41, 5.74) is 7.07. The van der Waals surface area contributed by atoms with E-state index in [1.165, 1.54) is 35.3 Å². The van der Waals surface area contributed by atoms with Gasteiger partial charge in [-0.3, -0.25) is 0 Å². The van der Waals surface area contributed by atoms with E-state index in [1.807, 2.05) is 25.2 Å². The van der Waals surface area contributed by atoms with Crippen LogP contribution in [0.3, 0.4) is 0 Å². The number of hydrogen-bond acceptors (Lipinski definition) is 4. The number of nitrogens with zero attached hydrogens (tertiary/aromatic N) is 5. The van der Waals surface area contributed by atoms with Crippen LogP contribution in [0.5, 0.6) is 0 Å². The maximum atomic E-state index is 4.99. The van der Waals surface area contributed by atoms with Gasteiger partial charge in [-0.2, -0.15) is 5.10 Å². The molecule has 4 rings (SSSR count). The van der Waals surface area contributed by atoms with Gasteiger partial charge in [-0.1, -0.05) is 13.0 Å². The number of anilines is 2. The Bertz CT molecular complexity index is 968. The second kappa shape index (κ2) is 6.87. The van der Waals surface area contributed by atoms with E-state index in [0.29, 0.717) is 0 Å². The molecule has 3 heterocycles. The van der Waals surface area contributed by atoms with Gasteiger partial charge < -0.3 is 9.80 Å². The summed E-state index contributed by atoms with van der Waals surface area (Å²) < 4.78 is 2.11. The van der Waals surface area contributed by atoms with Crippen molar-refractivity contribution < 1.29 is 0 Å². The van der Waals surface area contributed by atoms with Crippen LogP contribution in [0.2, 0.25) is 0 Å². The molecule has 1 saturated carbocycles. The van der Waals surface area contributed by atoms with Gasteiger partial charge in [0.2, 0.25) is 0 Å². The largest absolute Gasteiger partial charge is 0.371 e. The predicted octanol–water partition coefficient (Wildman–Crippen LogP) is 4.18. The van der Waals surface area contributed by atoms with Gasteiger partial charge in [0.05, 0.1) is 22.6 Å². The number of aryl methyl sites for hydroxylation is 2. The van der Waals surface area contributed by atoms with Crippen LogP contribution in [0.15, 0.2) is 30.5 Å². The number of fused-ring (bicyclic) bond motifs is 1. The molecule has 1 aliphatic rings. The summed E-state index contributed by atoms with van der Waals surface area (Å²) in [4.78, 5) is 9.07. The van der Waals surface area contributed by atoms with Gasteiger partial charge in [-0.25, -0.2) is 9.50 Å². The first kappa shape index (κ1) is 17.8. The monoisotopic (exact) mass is 363 g/mol. The number of rotatable bonds is 6. The van der Waals surface area contributed by atoms with Gasteiger partial charge >= 0.3 is 0 Å². The van der Waals surface area contributed by atoms with Gasteiger partial charge in [-0.15, -0.1) is 0 Å². The fourth-order valence-corrected chi connectivity index (χ4v) is 3.80. The zero-order valence-corrected chi connectivity index (χ0v) is 17.0. The van der Waals surface area contributed by atoms with E-state index in [9.17, 15) is 0 Å². The average Bonchev–Trinajstić information content (AvgIpc) is 3.37. The highest BCUT2D eigenvalue weighted by Crippen LogP contribution is 2.35. The minimum atomic E-state index is 0.850. The molecule has 5 nitrogen and oxygen atoms in total. The molecule has 3 aromatic rings. The van der Waals surface area contributed by atoms with Crippen molar-refractivity contribution >= 4 is 17.0 Å². The summed E-state index contributed by atoms with van der Waals surface area (Å²) in [5.74, 6) is 1.82. The van der Waals surface area contributed by atoms with Crippen molar-refractivity contribution in [2.24, 2.45) is 5.92 Å². The zero-order chi connectivity index (χ0) is 19.1. The van der Waals surface area contributed by atoms with Gasteiger partial charge in [-0.05, 0) is 55.9 Å². The van der Waals surface area contributed by atoms with E-state index < -0.39 is 0 Å². The predicted molar refractivity (Wildman–Crippen MR) is 113 cm³/mol. The van der Waals surface area contributed by atoms with Gasteiger partial charge in [0.1, 0.15) is 5.82 Å². The van der Waals surface area contributed by atoms with E-state index in [4.69, 9.17) is 5.10 Å². The van der Waals surface area contributed by atoms with Crippen LogP contribution in [0.4, 0.5) is 11.5 Å². The Balaban J connectivity index is 1.84. The molecule has 0 bridgehead atoms. The molecule has 0 atom stereocenters. The molecule has 1 fully saturated rings. The molecule has 27 heavy (non-hydrogen) atoms. The molecule has 0 radical (unpaired) electrons. The summed E-state index contributed by atoms with van der Waals surface area (Å²) in [6.45, 7) is 5.46. The lowest BCUT2D eigenvalue weighted by Crippen LogP contribution is -2.20. The molecular formula is C22H29N5. The van der Waals surface area contributed by atoms with E-state index in [1.54, 1.807) is 0 Å². The summed E-state index contributed by atoms with van der Waals surface area (Å²) in [7, 11) is 6.25. The minimum Gasteiger partial charge on any atom is -0.371 e. The zero-order valence-electron chi connectivity index (χ0n) is 17.0. The van der Waals surface area contributed by atoms with Crippen LogP contribution < -0.4 is 9.80 Å². The standard InChI is InChI=1S/C22H29N5/c1-6-18-22(26(5)14-16-10-11-16)20-9-7-8-19(27(20)24-18)17-13-23-21(25(3)4)12-15(17)2/h7-9,12-13,16H,6,10-11,14H2,1-5H3. The van der Waals surface area contributed by atoms with Crippen molar-refractivity contribution in [1.29, 1.82) is 0 Å². The lowest BCUT2D eigenvalue weighted by molar-refractivity contribution is 0.784. The van der Waals surface area contributed by atoms with Crippen molar-refractivity contribution in [2.75, 3.05) is 37.5 Å². The van der Waals surface area contributed by atoms with E-state index in [-0.39, 0.29) is 0 Å². The molecule has 0 aliphatic heterocycles. The summed E-state index contributed by atoms with van der Waals surface area (Å²) >= 11 is 0. The molecule has 0 N–H and O–H groups in total. The van der Waals surface area contributed by atoms with Crippen molar-refractivity contribution in [2.45, 2.75) is 33.1 Å². The normalized spacial score (nSPS) is 14.0. The number of pyridine rings is 2. The highest BCUT2D eigenvalue weighted by Gasteiger charge is 2.26. The molecule has 0 aromatic carbocycles. The second-order valence-electron chi connectivity index (χ2n) is 7.93. The minimum absolute atomic E-state index is 0.850. The van der Waals surface area contributed by atoms with E-state index in [0.717, 1.165) is 36.0 Å². The topological polar surface area (TPSA) is 36.7 Å². The Morgan fingerprint density at radius 2 is 1.96 bits per heavy atom. The van der Waals surface area contributed by atoms with Crippen molar-refractivity contribution in [3.63, 3.8) is 0 Å². The molecule has 0 saturated heterocycles. The van der Waals surface area contributed by atoms with Crippen molar-refractivity contribution in [3.8, 4) is 11.3 Å². The maximum Gasteiger partial charge on any atom is 0.128 e. The quantitative estimate of drug-likeness (QED) is 0.658. The lowest BCUT2D eigenvalue weighted by atomic mass is 10.1. The fraction of sp³-hybridized carbons (Fsp3) is 0.455. The Morgan fingerprint density at radius 1 is 1.19 bits per heavy atom. The first-order valence-electron chi connectivity index (χ1n) is 9.85. The van der Waals surface area contributed by atoms with Crippen molar-refractivity contribution in [1.82, 2.24) is 14.6 Å². The molecule has 0 spiro atoms. The van der Waals surface area contributed by atoms with E-state index in [2.05, 4.69) is 59.6 Å². The molecular weight excluding hydrogens is 334 g/mol. The third-order valence-corrected chi connectivity index (χ3v) is 5.48. The molecule has 5 heteroatoms. The average molecular weight is 364 g/mol. The molecule has 0 unspecified atom stereocenters. The lowest BCUT2D eigenvalue weighted by Gasteiger charge is -2.19. The van der Waals surface area contributed by atoms with Crippen LogP contribution >= 0.6 is 0 Å². The number of aromatic nitrogens is 3. The number of hydrogen-bond donors (Lipinski definition) is 0. The second-order valence-corrected chi connectivity index (χ2v) is 7.93. The molecule has 142 valence electrons. The first-order valence-corrected chi connectivity index (χ1v) is 9.85. The molecule has 0 amide bonds. The maximum absolute atomic E-state index is 4.99. The Hall–Kier alpha value is -2.56. The summed E-state index contributed by atoms with van der Waals surface area (Å²) in [6, 6.07) is 8.60. The Kier molecular flexibility index (Phi) is 4.54. The highest BCUT2D eigenvalue weighted by atomic mass is 15.3. The van der Waals surface area contributed by atoms with Crippen molar-refractivity contribution in [3.05, 3.63) is 41.7 Å². The Morgan fingerprint density at radius 3 is 2.59 bits per heavy atom. The Labute approximate surface area is 161 Å². The van der Waals surface area contributed by atoms with Crippen LogP contribution in [0.25, 0.3) is 16.8 Å². The highest BCUT2D eigenvalue weighted by molar-refractivity contribution is 5.79. The summed E-state index contributed by atoms with van der Waals surface area (Å²) in [5, 5.41) is 4.99. The van der Waals surface area contributed by atoms with Crippen LogP contribution in [-0.2, 0) is 6.42 Å². The first-order chi connectivity index (χ1) is 13.0. The van der Waals surface area contributed by atoms with Crippen LogP contribution in [0.1, 0.15) is 31.0 Å². The van der Waals surface area contributed by atoms with Gasteiger partial charge in [0, 0.05) is 39.4 Å². The molecule has 3 aromatic heterocycles. The van der Waals surface area contributed by atoms with Crippen LogP contribution in [-0.4, -0.2) is 42.3 Å². The fourth-order valence-electron chi connectivity index (χ4n) is 3.80.